The molecule has 0 spiro atoms. The maximum Gasteiger partial charge on any atom is 0.326 e. The van der Waals surface area contributed by atoms with Gasteiger partial charge in [-0.2, -0.15) is 0 Å². The number of carboxylic acids is 1. The van der Waals surface area contributed by atoms with Crippen molar-refractivity contribution in [2.24, 2.45) is 29.4 Å². The first-order valence-corrected chi connectivity index (χ1v) is 18.2. The smallest absolute Gasteiger partial charge is 0.326 e. The van der Waals surface area contributed by atoms with E-state index in [4.69, 9.17) is 15.2 Å². The molecule has 13 nitrogen and oxygen atoms in total. The topological polar surface area (TPSA) is 181 Å². The molecule has 1 aromatic carbocycles. The molecule has 0 bridgehead atoms. The molecule has 1 aliphatic rings. The van der Waals surface area contributed by atoms with Gasteiger partial charge in [0.25, 0.3) is 0 Å². The molecule has 1 aromatic rings. The Bertz CT molecular complexity index is 1290. The fourth-order valence-corrected chi connectivity index (χ4v) is 6.94. The lowest BCUT2D eigenvalue weighted by Gasteiger charge is -2.41. The molecule has 1 aliphatic heterocycles. The van der Waals surface area contributed by atoms with Crippen LogP contribution in [0, 0.1) is 23.7 Å². The number of nitrogens with one attached hydrogen (secondary N) is 2. The molecule has 0 saturated carbocycles. The highest BCUT2D eigenvalue weighted by Crippen LogP contribution is 2.29. The zero-order valence-electron chi connectivity index (χ0n) is 32.3. The van der Waals surface area contributed by atoms with E-state index in [0.29, 0.717) is 25.8 Å². The molecule has 1 saturated heterocycles. The van der Waals surface area contributed by atoms with Gasteiger partial charge in [-0.05, 0) is 36.2 Å². The van der Waals surface area contributed by atoms with Crippen LogP contribution in [0.25, 0.3) is 0 Å². The normalized spacial score (nSPS) is 19.4. The van der Waals surface area contributed by atoms with Gasteiger partial charge in [-0.15, -0.1) is 0 Å². The van der Waals surface area contributed by atoms with E-state index >= 15 is 0 Å². The van der Waals surface area contributed by atoms with Crippen molar-refractivity contribution < 1.29 is 38.6 Å². The first kappa shape index (κ1) is 43.6. The summed E-state index contributed by atoms with van der Waals surface area (Å²) in [6, 6.07) is 5.45. The Morgan fingerprint density at radius 3 is 2.10 bits per heavy atom. The number of amides is 4. The SMILES string of the molecule is CC[C@H](C)[C@@H]([C@@H](CC(=O)N1CCC[C@H]1[C@H](OC)[C@@H](C)C(=O)N[C@@H](Cc1ccccc1)C(=O)O)OC)N(C)C(=O)C(NC(=O)[C@@H](N)C(C)C)C(C)C. The van der Waals surface area contributed by atoms with Crippen LogP contribution in [0.3, 0.4) is 0 Å². The Morgan fingerprint density at radius 2 is 1.59 bits per heavy atom. The van der Waals surface area contributed by atoms with Crippen molar-refractivity contribution in [3.05, 3.63) is 35.9 Å². The molecule has 13 heteroatoms. The molecular weight excluding hydrogens is 654 g/mol. The van der Waals surface area contributed by atoms with Crippen molar-refractivity contribution in [2.45, 2.75) is 123 Å². The number of nitrogens with zero attached hydrogens (tertiary/aromatic N) is 2. The molecule has 288 valence electrons. The minimum Gasteiger partial charge on any atom is -0.480 e. The number of benzene rings is 1. The van der Waals surface area contributed by atoms with Crippen molar-refractivity contribution in [1.29, 1.82) is 0 Å². The minimum absolute atomic E-state index is 0.0221. The van der Waals surface area contributed by atoms with Crippen LogP contribution < -0.4 is 16.4 Å². The van der Waals surface area contributed by atoms with Gasteiger partial charge in [0.2, 0.25) is 23.6 Å². The molecule has 0 radical (unpaired) electrons. The monoisotopic (exact) mass is 717 g/mol. The predicted molar refractivity (Wildman–Crippen MR) is 195 cm³/mol. The second-order valence-corrected chi connectivity index (χ2v) is 14.7. The Kier molecular flexibility index (Phi) is 17.5. The Morgan fingerprint density at radius 1 is 0.961 bits per heavy atom. The van der Waals surface area contributed by atoms with Crippen LogP contribution in [-0.2, 0) is 39.9 Å². The summed E-state index contributed by atoms with van der Waals surface area (Å²) >= 11 is 0. The van der Waals surface area contributed by atoms with Gasteiger partial charge < -0.3 is 40.7 Å². The van der Waals surface area contributed by atoms with Crippen LogP contribution in [-0.4, -0.2) is 115 Å². The summed E-state index contributed by atoms with van der Waals surface area (Å²) in [5, 5.41) is 15.4. The number of nitrogens with two attached hydrogens (primary N) is 1. The van der Waals surface area contributed by atoms with E-state index < -0.39 is 66.1 Å². The molecule has 0 aromatic heterocycles. The zero-order chi connectivity index (χ0) is 38.6. The summed E-state index contributed by atoms with van der Waals surface area (Å²) < 4.78 is 11.8. The largest absolute Gasteiger partial charge is 0.480 e. The van der Waals surface area contributed by atoms with Gasteiger partial charge in [-0.1, -0.05) is 85.2 Å². The molecular formula is C38H63N5O8. The highest BCUT2D eigenvalue weighted by Gasteiger charge is 2.43. The summed E-state index contributed by atoms with van der Waals surface area (Å²) in [5.41, 5.74) is 6.87. The maximum atomic E-state index is 14.1. The van der Waals surface area contributed by atoms with Crippen LogP contribution in [0.4, 0.5) is 0 Å². The Labute approximate surface area is 304 Å². The van der Waals surface area contributed by atoms with E-state index in [-0.39, 0.29) is 42.4 Å². The van der Waals surface area contributed by atoms with Crippen LogP contribution in [0.2, 0.25) is 0 Å². The van der Waals surface area contributed by atoms with Crippen molar-refractivity contribution in [3.8, 4) is 0 Å². The molecule has 0 aliphatic carbocycles. The van der Waals surface area contributed by atoms with E-state index in [0.717, 1.165) is 5.56 Å². The number of aliphatic carboxylic acids is 1. The van der Waals surface area contributed by atoms with Gasteiger partial charge >= 0.3 is 5.97 Å². The fourth-order valence-electron chi connectivity index (χ4n) is 6.94. The molecule has 2 rings (SSSR count). The number of hydrogen-bond acceptors (Lipinski definition) is 8. The average molecular weight is 718 g/mol. The molecule has 1 fully saturated rings. The van der Waals surface area contributed by atoms with Gasteiger partial charge in [-0.25, -0.2) is 4.79 Å². The third kappa shape index (κ3) is 11.7. The fraction of sp³-hybridized carbons (Fsp3) is 0.711. The van der Waals surface area contributed by atoms with Crippen LogP contribution >= 0.6 is 0 Å². The van der Waals surface area contributed by atoms with E-state index in [2.05, 4.69) is 10.6 Å². The van der Waals surface area contributed by atoms with E-state index in [9.17, 15) is 29.1 Å². The number of carboxylic acid groups (broad SMARTS) is 1. The van der Waals surface area contributed by atoms with E-state index in [1.54, 1.807) is 23.8 Å². The third-order valence-electron chi connectivity index (χ3n) is 10.4. The van der Waals surface area contributed by atoms with Gasteiger partial charge in [0.1, 0.15) is 12.1 Å². The van der Waals surface area contributed by atoms with Gasteiger partial charge in [0.15, 0.2) is 0 Å². The lowest BCUT2D eigenvalue weighted by Crippen LogP contribution is -2.59. The maximum absolute atomic E-state index is 14.1. The molecule has 51 heavy (non-hydrogen) atoms. The average Bonchev–Trinajstić information content (AvgIpc) is 3.59. The van der Waals surface area contributed by atoms with Gasteiger partial charge in [0, 0.05) is 34.2 Å². The second kappa shape index (κ2) is 20.5. The molecule has 1 heterocycles. The quantitative estimate of drug-likeness (QED) is 0.158. The zero-order valence-corrected chi connectivity index (χ0v) is 32.3. The summed E-state index contributed by atoms with van der Waals surface area (Å²) in [6.07, 6.45) is 0.766. The number of carbonyl (C=O) groups excluding carboxylic acids is 4. The number of ether oxygens (including phenoxy) is 2. The van der Waals surface area contributed by atoms with Crippen LogP contribution in [0.5, 0.6) is 0 Å². The summed E-state index contributed by atoms with van der Waals surface area (Å²) in [4.78, 5) is 69.8. The second-order valence-electron chi connectivity index (χ2n) is 14.7. The first-order chi connectivity index (χ1) is 24.0. The van der Waals surface area contributed by atoms with Gasteiger partial charge in [-0.3, -0.25) is 19.2 Å². The summed E-state index contributed by atoms with van der Waals surface area (Å²) in [6.45, 7) is 13.6. The highest BCUT2D eigenvalue weighted by atomic mass is 16.5. The standard InChI is InChI=1S/C38H63N5O8/c1-11-24(6)33(42(8)37(47)32(23(4)5)41-36(46)31(39)22(2)3)29(50-9)21-30(44)43-19-15-18-28(43)34(51-10)25(7)35(45)40-27(38(48)49)20-26-16-13-12-14-17-26/h12-14,16-17,22-25,27-29,31-34H,11,15,18-21,39H2,1-10H3,(H,40,45)(H,41,46)(H,48,49)/t24-,25+,27-,28-,29+,31-,32?,33-,34+/m0/s1. The predicted octanol–water partition coefficient (Wildman–Crippen LogP) is 2.84. The number of likely N-dealkylation sites (tertiary alicyclic amines) is 1. The molecule has 4 amide bonds. The number of likely N-dealkylation sites (N-methyl/N-ethyl adjacent to an activating group) is 1. The lowest BCUT2D eigenvalue weighted by atomic mass is 9.89. The first-order valence-electron chi connectivity index (χ1n) is 18.2. The van der Waals surface area contributed by atoms with Crippen molar-refractivity contribution in [3.63, 3.8) is 0 Å². The third-order valence-corrected chi connectivity index (χ3v) is 10.4. The van der Waals surface area contributed by atoms with Crippen LogP contribution in [0.15, 0.2) is 30.3 Å². The number of carbonyl (C=O) groups is 5. The Balaban J connectivity index is 2.25. The summed E-state index contributed by atoms with van der Waals surface area (Å²) in [5.74, 6) is -3.63. The van der Waals surface area contributed by atoms with Crippen molar-refractivity contribution in [1.82, 2.24) is 20.4 Å². The summed E-state index contributed by atoms with van der Waals surface area (Å²) in [7, 11) is 4.69. The van der Waals surface area contributed by atoms with E-state index in [1.807, 2.05) is 71.9 Å². The van der Waals surface area contributed by atoms with Crippen molar-refractivity contribution >= 4 is 29.6 Å². The molecule has 1 unspecified atom stereocenters. The molecule has 9 atom stereocenters. The van der Waals surface area contributed by atoms with Gasteiger partial charge in [0.05, 0.1) is 42.7 Å². The highest BCUT2D eigenvalue weighted by molar-refractivity contribution is 5.90. The Hall–Kier alpha value is -3.55. The number of hydrogen-bond donors (Lipinski definition) is 4. The minimum atomic E-state index is -1.14. The van der Waals surface area contributed by atoms with Crippen LogP contribution in [0.1, 0.15) is 79.7 Å². The molecule has 5 N–H and O–H groups in total. The number of rotatable bonds is 20. The van der Waals surface area contributed by atoms with E-state index in [1.165, 1.54) is 14.2 Å². The lowest BCUT2D eigenvalue weighted by molar-refractivity contribution is -0.148. The number of methoxy groups -OCH3 is 2. The van der Waals surface area contributed by atoms with Crippen molar-refractivity contribution in [2.75, 3.05) is 27.8 Å².